The minimum Gasteiger partial charge on any atom is -0.197 e. The molecule has 0 heterocycles. The van der Waals surface area contributed by atoms with Crippen LogP contribution in [-0.2, 0) is 0 Å². The molecule has 10 heavy (non-hydrogen) atoms. The molecule has 56 valence electrons. The van der Waals surface area contributed by atoms with Crippen molar-refractivity contribution >= 4 is 11.8 Å². The molecule has 0 aromatic heterocycles. The van der Waals surface area contributed by atoms with Crippen molar-refractivity contribution < 1.29 is 0 Å². The van der Waals surface area contributed by atoms with Crippen molar-refractivity contribution in [1.29, 1.82) is 5.26 Å². The average Bonchev–Trinajstić information content (AvgIpc) is 2.72. The Morgan fingerprint density at radius 1 is 1.70 bits per heavy atom. The molecule has 0 amide bonds. The Balaban J connectivity index is 2.39. The Labute approximate surface area is 66.8 Å². The van der Waals surface area contributed by atoms with Gasteiger partial charge in [0.2, 0.25) is 0 Å². The number of hydrogen-bond donors (Lipinski definition) is 0. The van der Waals surface area contributed by atoms with E-state index in [0.717, 1.165) is 12.3 Å². The molecule has 1 fully saturated rings. The second-order valence-corrected chi connectivity index (χ2v) is 4.50. The van der Waals surface area contributed by atoms with Crippen LogP contribution >= 0.6 is 11.8 Å². The lowest BCUT2D eigenvalue weighted by molar-refractivity contribution is 0.643. The molecule has 0 saturated heterocycles. The van der Waals surface area contributed by atoms with Gasteiger partial charge < -0.3 is 0 Å². The van der Waals surface area contributed by atoms with E-state index in [1.165, 1.54) is 12.8 Å². The van der Waals surface area contributed by atoms with Gasteiger partial charge in [-0.3, -0.25) is 0 Å². The van der Waals surface area contributed by atoms with Crippen molar-refractivity contribution in [2.45, 2.75) is 30.9 Å². The van der Waals surface area contributed by atoms with Gasteiger partial charge in [0.25, 0.3) is 0 Å². The van der Waals surface area contributed by atoms with Crippen molar-refractivity contribution in [3.05, 3.63) is 0 Å². The van der Waals surface area contributed by atoms with E-state index in [2.05, 4.69) is 6.07 Å². The van der Waals surface area contributed by atoms with Crippen LogP contribution in [0.2, 0.25) is 0 Å². The molecule has 1 unspecified atom stereocenters. The summed E-state index contributed by atoms with van der Waals surface area (Å²) in [7, 11) is 0. The van der Waals surface area contributed by atoms with Gasteiger partial charge in [-0.1, -0.05) is 12.8 Å². The first-order valence-corrected chi connectivity index (χ1v) is 4.89. The lowest BCUT2D eigenvalue weighted by Crippen LogP contribution is -2.17. The van der Waals surface area contributed by atoms with Crippen LogP contribution in [0.25, 0.3) is 0 Å². The van der Waals surface area contributed by atoms with Crippen molar-refractivity contribution in [2.75, 3.05) is 6.26 Å². The lowest BCUT2D eigenvalue weighted by Gasteiger charge is -2.17. The van der Waals surface area contributed by atoms with E-state index in [1.54, 1.807) is 11.8 Å². The van der Waals surface area contributed by atoms with E-state index in [9.17, 15) is 0 Å². The van der Waals surface area contributed by atoms with Crippen LogP contribution in [-0.4, -0.2) is 11.0 Å². The second-order valence-electron chi connectivity index (χ2n) is 3.19. The molecule has 1 nitrogen and oxygen atoms in total. The van der Waals surface area contributed by atoms with Gasteiger partial charge in [-0.25, -0.2) is 0 Å². The van der Waals surface area contributed by atoms with Crippen molar-refractivity contribution in [3.8, 4) is 6.07 Å². The van der Waals surface area contributed by atoms with Gasteiger partial charge in [0.05, 0.1) is 10.8 Å². The predicted molar refractivity (Wildman–Crippen MR) is 44.9 cm³/mol. The molecule has 0 aromatic rings. The molecule has 0 aromatic carbocycles. The summed E-state index contributed by atoms with van der Waals surface area (Å²) < 4.78 is -0.110. The third-order valence-corrected chi connectivity index (χ3v) is 3.22. The van der Waals surface area contributed by atoms with Gasteiger partial charge in [0, 0.05) is 0 Å². The summed E-state index contributed by atoms with van der Waals surface area (Å²) >= 11 is 1.68. The van der Waals surface area contributed by atoms with Gasteiger partial charge in [0.15, 0.2) is 0 Å². The van der Waals surface area contributed by atoms with Gasteiger partial charge in [-0.15, -0.1) is 11.8 Å². The van der Waals surface area contributed by atoms with Crippen LogP contribution in [0, 0.1) is 17.2 Å². The fourth-order valence-electron chi connectivity index (χ4n) is 1.05. The Morgan fingerprint density at radius 3 is 2.60 bits per heavy atom. The number of nitrogens with zero attached hydrogens (tertiary/aromatic N) is 1. The highest BCUT2D eigenvalue weighted by Gasteiger charge is 2.32. The molecule has 0 bridgehead atoms. The van der Waals surface area contributed by atoms with E-state index in [0.29, 0.717) is 0 Å². The molecule has 2 heteroatoms. The Kier molecular flexibility index (Phi) is 2.25. The van der Waals surface area contributed by atoms with Crippen molar-refractivity contribution in [1.82, 2.24) is 0 Å². The minimum absolute atomic E-state index is 0.110. The quantitative estimate of drug-likeness (QED) is 0.625. The largest absolute Gasteiger partial charge is 0.197 e. The molecule has 1 saturated carbocycles. The lowest BCUT2D eigenvalue weighted by atomic mass is 10.1. The monoisotopic (exact) mass is 155 g/mol. The fourth-order valence-corrected chi connectivity index (χ4v) is 1.54. The molecule has 1 atom stereocenters. The molecule has 0 spiro atoms. The highest BCUT2D eigenvalue weighted by molar-refractivity contribution is 8.00. The summed E-state index contributed by atoms with van der Waals surface area (Å²) in [5, 5.41) is 8.79. The molecular weight excluding hydrogens is 142 g/mol. The summed E-state index contributed by atoms with van der Waals surface area (Å²) in [4.78, 5) is 0. The van der Waals surface area contributed by atoms with Gasteiger partial charge in [-0.05, 0) is 25.5 Å². The van der Waals surface area contributed by atoms with Crippen LogP contribution in [0.4, 0.5) is 0 Å². The van der Waals surface area contributed by atoms with E-state index >= 15 is 0 Å². The first kappa shape index (κ1) is 7.94. The first-order chi connectivity index (χ1) is 4.70. The summed E-state index contributed by atoms with van der Waals surface area (Å²) in [6.45, 7) is 2.04. The van der Waals surface area contributed by atoms with E-state index < -0.39 is 0 Å². The van der Waals surface area contributed by atoms with Crippen LogP contribution in [0.1, 0.15) is 26.2 Å². The number of hydrogen-bond acceptors (Lipinski definition) is 2. The van der Waals surface area contributed by atoms with Crippen LogP contribution in [0.3, 0.4) is 0 Å². The summed E-state index contributed by atoms with van der Waals surface area (Å²) in [5.74, 6) is 0.858. The van der Waals surface area contributed by atoms with Gasteiger partial charge in [-0.2, -0.15) is 5.26 Å². The SMILES string of the molecule is CSC(C)(C#N)CC1CC1. The van der Waals surface area contributed by atoms with Crippen LogP contribution in [0.5, 0.6) is 0 Å². The molecular formula is C8H13NS. The van der Waals surface area contributed by atoms with E-state index in [1.807, 2.05) is 13.2 Å². The van der Waals surface area contributed by atoms with Gasteiger partial charge >= 0.3 is 0 Å². The number of thioether (sulfide) groups is 1. The van der Waals surface area contributed by atoms with Crippen molar-refractivity contribution in [2.24, 2.45) is 5.92 Å². The van der Waals surface area contributed by atoms with E-state index in [4.69, 9.17) is 5.26 Å². The zero-order valence-corrected chi connectivity index (χ0v) is 7.37. The zero-order valence-electron chi connectivity index (χ0n) is 6.55. The summed E-state index contributed by atoms with van der Waals surface area (Å²) in [6.07, 6.45) is 5.80. The highest BCUT2D eigenvalue weighted by Crippen LogP contribution is 2.40. The highest BCUT2D eigenvalue weighted by atomic mass is 32.2. The molecule has 0 N–H and O–H groups in total. The first-order valence-electron chi connectivity index (χ1n) is 3.66. The van der Waals surface area contributed by atoms with E-state index in [-0.39, 0.29) is 4.75 Å². The molecule has 0 radical (unpaired) electrons. The number of rotatable bonds is 3. The molecule has 1 aliphatic carbocycles. The summed E-state index contributed by atoms with van der Waals surface area (Å²) in [6, 6.07) is 2.36. The van der Waals surface area contributed by atoms with Crippen molar-refractivity contribution in [3.63, 3.8) is 0 Å². The molecule has 0 aliphatic heterocycles. The Hall–Kier alpha value is -0.160. The van der Waals surface area contributed by atoms with Gasteiger partial charge in [0.1, 0.15) is 0 Å². The minimum atomic E-state index is -0.110. The maximum Gasteiger partial charge on any atom is 0.0995 e. The normalized spacial score (nSPS) is 23.3. The van der Waals surface area contributed by atoms with Crippen LogP contribution < -0.4 is 0 Å². The average molecular weight is 155 g/mol. The third-order valence-electron chi connectivity index (χ3n) is 2.06. The standard InChI is InChI=1S/C8H13NS/c1-8(6-9,10-2)5-7-3-4-7/h7H,3-5H2,1-2H3. The molecule has 1 aliphatic rings. The Morgan fingerprint density at radius 2 is 2.30 bits per heavy atom. The topological polar surface area (TPSA) is 23.8 Å². The Bertz CT molecular complexity index is 157. The maximum absolute atomic E-state index is 8.79. The molecule has 1 rings (SSSR count). The number of nitriles is 1. The smallest absolute Gasteiger partial charge is 0.0995 e. The zero-order chi connectivity index (χ0) is 7.61. The van der Waals surface area contributed by atoms with Crippen LogP contribution in [0.15, 0.2) is 0 Å². The predicted octanol–water partition coefficient (Wildman–Crippen LogP) is 2.43. The maximum atomic E-state index is 8.79. The fraction of sp³-hybridized carbons (Fsp3) is 0.875. The third kappa shape index (κ3) is 1.91. The summed E-state index contributed by atoms with van der Waals surface area (Å²) in [5.41, 5.74) is 0. The second kappa shape index (κ2) is 2.84.